The van der Waals surface area contributed by atoms with E-state index in [0.29, 0.717) is 23.7 Å². The van der Waals surface area contributed by atoms with Crippen molar-refractivity contribution in [3.05, 3.63) is 23.0 Å². The van der Waals surface area contributed by atoms with Crippen LogP contribution in [0.5, 0.6) is 0 Å². The third kappa shape index (κ3) is 2.51. The van der Waals surface area contributed by atoms with E-state index in [9.17, 15) is 4.79 Å². The lowest BCUT2D eigenvalue weighted by molar-refractivity contribution is 0.0717. The number of hydrogen-bond acceptors (Lipinski definition) is 4. The molecule has 2 N–H and O–H groups in total. The van der Waals surface area contributed by atoms with Crippen LogP contribution in [0.4, 0.5) is 0 Å². The SMILES string of the molecule is Cc1cc(C(=O)N(C)C(CN)C2CC2)c(C)nn1. The van der Waals surface area contributed by atoms with Crippen molar-refractivity contribution in [3.63, 3.8) is 0 Å². The average molecular weight is 248 g/mol. The molecule has 1 heterocycles. The Bertz CT molecular complexity index is 456. The molecule has 1 unspecified atom stereocenters. The predicted octanol–water partition coefficient (Wildman–Crippen LogP) is 0.903. The van der Waals surface area contributed by atoms with Crippen molar-refractivity contribution in [3.8, 4) is 0 Å². The number of nitrogens with zero attached hydrogens (tertiary/aromatic N) is 3. The van der Waals surface area contributed by atoms with Crippen LogP contribution in [0, 0.1) is 19.8 Å². The summed E-state index contributed by atoms with van der Waals surface area (Å²) in [6, 6.07) is 1.94. The Morgan fingerprint density at radius 3 is 2.72 bits per heavy atom. The van der Waals surface area contributed by atoms with Gasteiger partial charge in [-0.3, -0.25) is 4.79 Å². The first kappa shape index (κ1) is 13.0. The van der Waals surface area contributed by atoms with Gasteiger partial charge in [0, 0.05) is 19.6 Å². The fourth-order valence-corrected chi connectivity index (χ4v) is 2.25. The Kier molecular flexibility index (Phi) is 3.61. The van der Waals surface area contributed by atoms with Gasteiger partial charge in [-0.05, 0) is 38.7 Å². The molecule has 0 spiro atoms. The quantitative estimate of drug-likeness (QED) is 0.859. The molecule has 5 heteroatoms. The van der Waals surface area contributed by atoms with Crippen molar-refractivity contribution in [1.82, 2.24) is 15.1 Å². The number of carbonyl (C=O) groups excluding carboxylic acids is 1. The first-order valence-corrected chi connectivity index (χ1v) is 6.32. The fourth-order valence-electron chi connectivity index (χ4n) is 2.25. The molecular formula is C13H20N4O. The summed E-state index contributed by atoms with van der Waals surface area (Å²) in [5.41, 5.74) is 7.83. The van der Waals surface area contributed by atoms with Gasteiger partial charge in [-0.2, -0.15) is 10.2 Å². The Balaban J connectivity index is 2.21. The summed E-state index contributed by atoms with van der Waals surface area (Å²) in [7, 11) is 1.83. The Morgan fingerprint density at radius 2 is 2.17 bits per heavy atom. The molecule has 1 fully saturated rings. The molecule has 0 aromatic carbocycles. The number of aryl methyl sites for hydroxylation is 2. The zero-order valence-corrected chi connectivity index (χ0v) is 11.2. The van der Waals surface area contributed by atoms with E-state index in [0.717, 1.165) is 5.69 Å². The third-order valence-corrected chi connectivity index (χ3v) is 3.56. The molecule has 1 aliphatic rings. The van der Waals surface area contributed by atoms with Crippen LogP contribution in [0.2, 0.25) is 0 Å². The van der Waals surface area contributed by atoms with E-state index >= 15 is 0 Å². The minimum Gasteiger partial charge on any atom is -0.337 e. The van der Waals surface area contributed by atoms with Gasteiger partial charge in [0.15, 0.2) is 0 Å². The van der Waals surface area contributed by atoms with Crippen LogP contribution in [0.25, 0.3) is 0 Å². The summed E-state index contributed by atoms with van der Waals surface area (Å²) >= 11 is 0. The lowest BCUT2D eigenvalue weighted by Crippen LogP contribution is -2.43. The van der Waals surface area contributed by atoms with Gasteiger partial charge in [0.1, 0.15) is 0 Å². The number of amides is 1. The molecule has 5 nitrogen and oxygen atoms in total. The van der Waals surface area contributed by atoms with Crippen molar-refractivity contribution in [2.45, 2.75) is 32.7 Å². The standard InChI is InChI=1S/C13H20N4O/c1-8-6-11(9(2)16-15-8)13(18)17(3)12(7-14)10-4-5-10/h6,10,12H,4-5,7,14H2,1-3H3. The van der Waals surface area contributed by atoms with Crippen LogP contribution in [-0.2, 0) is 0 Å². The van der Waals surface area contributed by atoms with Crippen molar-refractivity contribution in [1.29, 1.82) is 0 Å². The highest BCUT2D eigenvalue weighted by Gasteiger charge is 2.35. The summed E-state index contributed by atoms with van der Waals surface area (Å²) in [6.07, 6.45) is 2.35. The summed E-state index contributed by atoms with van der Waals surface area (Å²) in [6.45, 7) is 4.16. The maximum absolute atomic E-state index is 12.5. The van der Waals surface area contributed by atoms with E-state index in [1.807, 2.05) is 20.9 Å². The lowest BCUT2D eigenvalue weighted by Gasteiger charge is -2.27. The number of aromatic nitrogens is 2. The molecule has 0 saturated heterocycles. The molecule has 2 rings (SSSR count). The molecule has 1 aromatic rings. The number of nitrogens with two attached hydrogens (primary N) is 1. The van der Waals surface area contributed by atoms with Crippen LogP contribution in [0.3, 0.4) is 0 Å². The highest BCUT2D eigenvalue weighted by atomic mass is 16.2. The maximum Gasteiger partial charge on any atom is 0.255 e. The van der Waals surface area contributed by atoms with E-state index in [1.165, 1.54) is 12.8 Å². The molecule has 1 aromatic heterocycles. The summed E-state index contributed by atoms with van der Waals surface area (Å²) in [5, 5.41) is 7.95. The molecule has 18 heavy (non-hydrogen) atoms. The minimum atomic E-state index is -0.00662. The van der Waals surface area contributed by atoms with Crippen molar-refractivity contribution in [2.75, 3.05) is 13.6 Å². The van der Waals surface area contributed by atoms with Gasteiger partial charge in [0.2, 0.25) is 0 Å². The summed E-state index contributed by atoms with van der Waals surface area (Å²) in [4.78, 5) is 14.2. The fraction of sp³-hybridized carbons (Fsp3) is 0.615. The van der Waals surface area contributed by atoms with Gasteiger partial charge >= 0.3 is 0 Å². The number of rotatable bonds is 4. The van der Waals surface area contributed by atoms with E-state index in [1.54, 1.807) is 11.0 Å². The largest absolute Gasteiger partial charge is 0.337 e. The third-order valence-electron chi connectivity index (χ3n) is 3.56. The molecule has 0 aliphatic heterocycles. The number of likely N-dealkylation sites (N-methyl/N-ethyl adjacent to an activating group) is 1. The molecule has 0 radical (unpaired) electrons. The first-order chi connectivity index (χ1) is 8.54. The van der Waals surface area contributed by atoms with Gasteiger partial charge < -0.3 is 10.6 Å². The van der Waals surface area contributed by atoms with E-state index in [4.69, 9.17) is 5.73 Å². The smallest absolute Gasteiger partial charge is 0.255 e. The molecule has 1 aliphatic carbocycles. The number of carbonyl (C=O) groups is 1. The highest BCUT2D eigenvalue weighted by molar-refractivity contribution is 5.95. The van der Waals surface area contributed by atoms with Crippen LogP contribution >= 0.6 is 0 Å². The summed E-state index contributed by atoms with van der Waals surface area (Å²) in [5.74, 6) is 0.563. The van der Waals surface area contributed by atoms with Crippen molar-refractivity contribution >= 4 is 5.91 Å². The summed E-state index contributed by atoms with van der Waals surface area (Å²) < 4.78 is 0. The van der Waals surface area contributed by atoms with Crippen LogP contribution in [0.1, 0.15) is 34.6 Å². The van der Waals surface area contributed by atoms with Gasteiger partial charge in [0.25, 0.3) is 5.91 Å². The Morgan fingerprint density at radius 1 is 1.50 bits per heavy atom. The van der Waals surface area contributed by atoms with Gasteiger partial charge in [-0.15, -0.1) is 0 Å². The van der Waals surface area contributed by atoms with Crippen molar-refractivity contribution in [2.24, 2.45) is 11.7 Å². The van der Waals surface area contributed by atoms with Crippen molar-refractivity contribution < 1.29 is 4.79 Å². The second-order valence-corrected chi connectivity index (χ2v) is 5.04. The molecule has 0 bridgehead atoms. The Hall–Kier alpha value is -1.49. The van der Waals surface area contributed by atoms with E-state index in [-0.39, 0.29) is 11.9 Å². The van der Waals surface area contributed by atoms with Crippen LogP contribution < -0.4 is 5.73 Å². The monoisotopic (exact) mass is 248 g/mol. The maximum atomic E-state index is 12.5. The average Bonchev–Trinajstić information content (AvgIpc) is 3.16. The van der Waals surface area contributed by atoms with Crippen LogP contribution in [-0.4, -0.2) is 40.6 Å². The van der Waals surface area contributed by atoms with Gasteiger partial charge in [-0.1, -0.05) is 0 Å². The molecule has 1 amide bonds. The highest BCUT2D eigenvalue weighted by Crippen LogP contribution is 2.35. The molecule has 98 valence electrons. The molecule has 1 atom stereocenters. The minimum absolute atomic E-state index is 0.00662. The second-order valence-electron chi connectivity index (χ2n) is 5.04. The predicted molar refractivity (Wildman–Crippen MR) is 69.2 cm³/mol. The van der Waals surface area contributed by atoms with Gasteiger partial charge in [0.05, 0.1) is 17.0 Å². The van der Waals surface area contributed by atoms with E-state index in [2.05, 4.69) is 10.2 Å². The lowest BCUT2D eigenvalue weighted by atomic mass is 10.1. The zero-order chi connectivity index (χ0) is 13.3. The second kappa shape index (κ2) is 5.02. The molecule has 1 saturated carbocycles. The first-order valence-electron chi connectivity index (χ1n) is 6.32. The molecular weight excluding hydrogens is 228 g/mol. The van der Waals surface area contributed by atoms with E-state index < -0.39 is 0 Å². The Labute approximate surface area is 107 Å². The van der Waals surface area contributed by atoms with Crippen LogP contribution in [0.15, 0.2) is 6.07 Å². The van der Waals surface area contributed by atoms with Gasteiger partial charge in [-0.25, -0.2) is 0 Å². The topological polar surface area (TPSA) is 72.1 Å². The normalized spacial score (nSPS) is 16.4. The number of hydrogen-bond donors (Lipinski definition) is 1. The zero-order valence-electron chi connectivity index (χ0n) is 11.2.